The van der Waals surface area contributed by atoms with E-state index in [1.807, 2.05) is 38.1 Å². The highest BCUT2D eigenvalue weighted by atomic mass is 16.5. The van der Waals surface area contributed by atoms with E-state index in [1.165, 1.54) is 19.3 Å². The number of hydrogen-bond acceptors (Lipinski definition) is 4. The molecule has 2 aromatic carbocycles. The molecule has 31 heavy (non-hydrogen) atoms. The van der Waals surface area contributed by atoms with Crippen LogP contribution in [-0.2, 0) is 4.79 Å². The van der Waals surface area contributed by atoms with Gasteiger partial charge in [-0.1, -0.05) is 33.1 Å². The number of anilines is 2. The highest BCUT2D eigenvalue weighted by Crippen LogP contribution is 2.16. The van der Waals surface area contributed by atoms with Gasteiger partial charge in [-0.3, -0.25) is 9.59 Å². The molecule has 0 aliphatic heterocycles. The Labute approximate surface area is 185 Å². The summed E-state index contributed by atoms with van der Waals surface area (Å²) in [6.45, 7) is 7.04. The van der Waals surface area contributed by atoms with Gasteiger partial charge in [0.05, 0.1) is 13.2 Å². The van der Waals surface area contributed by atoms with Crippen molar-refractivity contribution in [2.24, 2.45) is 0 Å². The molecule has 0 fully saturated rings. The molecule has 0 spiro atoms. The van der Waals surface area contributed by atoms with Gasteiger partial charge in [0.2, 0.25) is 5.91 Å². The van der Waals surface area contributed by atoms with Gasteiger partial charge in [-0.05, 0) is 68.3 Å². The van der Waals surface area contributed by atoms with Crippen LogP contribution in [0.1, 0.15) is 63.2 Å². The smallest absolute Gasteiger partial charge is 0.251 e. The van der Waals surface area contributed by atoms with Crippen LogP contribution in [0.3, 0.4) is 0 Å². The zero-order valence-electron chi connectivity index (χ0n) is 18.9. The molecule has 3 N–H and O–H groups in total. The van der Waals surface area contributed by atoms with Gasteiger partial charge in [-0.25, -0.2) is 0 Å². The fourth-order valence-corrected chi connectivity index (χ4v) is 2.89. The van der Waals surface area contributed by atoms with Crippen molar-refractivity contribution in [1.29, 1.82) is 0 Å². The maximum absolute atomic E-state index is 12.2. The van der Waals surface area contributed by atoms with Crippen LogP contribution in [0.25, 0.3) is 0 Å². The van der Waals surface area contributed by atoms with Crippen molar-refractivity contribution in [2.45, 2.75) is 58.9 Å². The van der Waals surface area contributed by atoms with Gasteiger partial charge >= 0.3 is 0 Å². The van der Waals surface area contributed by atoms with Crippen LogP contribution in [0, 0.1) is 0 Å². The minimum atomic E-state index is -0.146. The lowest BCUT2D eigenvalue weighted by molar-refractivity contribution is -0.114. The summed E-state index contributed by atoms with van der Waals surface area (Å²) >= 11 is 0. The molecule has 0 saturated heterocycles. The first-order valence-electron chi connectivity index (χ1n) is 11.2. The van der Waals surface area contributed by atoms with Gasteiger partial charge in [-0.15, -0.1) is 0 Å². The van der Waals surface area contributed by atoms with Crippen molar-refractivity contribution in [3.05, 3.63) is 54.1 Å². The number of carbonyl (C=O) groups is 2. The summed E-state index contributed by atoms with van der Waals surface area (Å²) in [4.78, 5) is 24.3. The lowest BCUT2D eigenvalue weighted by Crippen LogP contribution is -2.31. The molecule has 0 aliphatic rings. The number of amides is 2. The van der Waals surface area contributed by atoms with Crippen LogP contribution in [0.2, 0.25) is 0 Å². The standard InChI is InChI=1S/C25H35N3O3/c1-4-6-7-8-17-31-23-15-13-22(14-16-23)28-24(29)18-26-21-11-9-20(10-12-21)25(30)27-19(3)5-2/h9-16,19,26H,4-8,17-18H2,1-3H3,(H,27,30)(H,28,29). The van der Waals surface area contributed by atoms with E-state index in [1.54, 1.807) is 24.3 Å². The molecule has 1 unspecified atom stereocenters. The predicted molar refractivity (Wildman–Crippen MR) is 127 cm³/mol. The van der Waals surface area contributed by atoms with E-state index in [9.17, 15) is 9.59 Å². The average Bonchev–Trinajstić information content (AvgIpc) is 2.79. The molecular weight excluding hydrogens is 390 g/mol. The van der Waals surface area contributed by atoms with E-state index in [0.29, 0.717) is 12.2 Å². The van der Waals surface area contributed by atoms with E-state index in [2.05, 4.69) is 22.9 Å². The summed E-state index contributed by atoms with van der Waals surface area (Å²) in [5.41, 5.74) is 2.10. The van der Waals surface area contributed by atoms with E-state index in [-0.39, 0.29) is 24.4 Å². The normalized spacial score (nSPS) is 11.5. The zero-order chi connectivity index (χ0) is 22.5. The SMILES string of the molecule is CCCCCCOc1ccc(NC(=O)CNc2ccc(C(=O)NC(C)CC)cc2)cc1. The lowest BCUT2D eigenvalue weighted by Gasteiger charge is -2.12. The van der Waals surface area contributed by atoms with Crippen molar-refractivity contribution in [2.75, 3.05) is 23.8 Å². The fourth-order valence-electron chi connectivity index (χ4n) is 2.89. The third-order valence-electron chi connectivity index (χ3n) is 4.99. The Bertz CT molecular complexity index is 804. The predicted octanol–water partition coefficient (Wildman–Crippen LogP) is 5.22. The number of unbranched alkanes of at least 4 members (excludes halogenated alkanes) is 3. The molecule has 0 saturated carbocycles. The molecule has 0 bridgehead atoms. The van der Waals surface area contributed by atoms with Crippen LogP contribution in [0.4, 0.5) is 11.4 Å². The number of nitrogens with one attached hydrogen (secondary N) is 3. The maximum atomic E-state index is 12.2. The minimum Gasteiger partial charge on any atom is -0.494 e. The van der Waals surface area contributed by atoms with Gasteiger partial charge in [0, 0.05) is 23.0 Å². The molecule has 1 atom stereocenters. The molecule has 0 aromatic heterocycles. The van der Waals surface area contributed by atoms with E-state index >= 15 is 0 Å². The third kappa shape index (κ3) is 9.11. The summed E-state index contributed by atoms with van der Waals surface area (Å²) in [6.07, 6.45) is 5.58. The Morgan fingerprint density at radius 2 is 1.58 bits per heavy atom. The summed E-state index contributed by atoms with van der Waals surface area (Å²) in [7, 11) is 0. The molecule has 0 radical (unpaired) electrons. The number of hydrogen-bond donors (Lipinski definition) is 3. The monoisotopic (exact) mass is 425 g/mol. The van der Waals surface area contributed by atoms with Crippen molar-refractivity contribution in [1.82, 2.24) is 5.32 Å². The molecule has 2 rings (SSSR count). The second kappa shape index (κ2) is 13.3. The molecule has 0 heterocycles. The highest BCUT2D eigenvalue weighted by Gasteiger charge is 2.08. The number of ether oxygens (including phenoxy) is 1. The zero-order valence-corrected chi connectivity index (χ0v) is 18.9. The Morgan fingerprint density at radius 1 is 0.903 bits per heavy atom. The Kier molecular flexibility index (Phi) is 10.4. The van der Waals surface area contributed by atoms with Crippen LogP contribution < -0.4 is 20.7 Å². The average molecular weight is 426 g/mol. The largest absolute Gasteiger partial charge is 0.494 e. The Balaban J connectivity index is 1.73. The molecular formula is C25H35N3O3. The Hall–Kier alpha value is -3.02. The molecule has 2 amide bonds. The van der Waals surface area contributed by atoms with E-state index < -0.39 is 0 Å². The van der Waals surface area contributed by atoms with E-state index in [0.717, 1.165) is 30.0 Å². The van der Waals surface area contributed by atoms with Gasteiger partial charge in [-0.2, -0.15) is 0 Å². The quantitative estimate of drug-likeness (QED) is 0.384. The Morgan fingerprint density at radius 3 is 2.23 bits per heavy atom. The van der Waals surface area contributed by atoms with Crippen molar-refractivity contribution in [3.63, 3.8) is 0 Å². The maximum Gasteiger partial charge on any atom is 0.251 e. The fraction of sp³-hybridized carbons (Fsp3) is 0.440. The summed E-state index contributed by atoms with van der Waals surface area (Å²) in [5.74, 6) is 0.573. The topological polar surface area (TPSA) is 79.5 Å². The first kappa shape index (κ1) is 24.3. The second-order valence-corrected chi connectivity index (χ2v) is 7.70. The molecule has 0 aliphatic carbocycles. The first-order valence-corrected chi connectivity index (χ1v) is 11.2. The number of benzene rings is 2. The minimum absolute atomic E-state index is 0.0907. The molecule has 168 valence electrons. The van der Waals surface area contributed by atoms with Gasteiger partial charge in [0.15, 0.2) is 0 Å². The van der Waals surface area contributed by atoms with Gasteiger partial charge < -0.3 is 20.7 Å². The van der Waals surface area contributed by atoms with Crippen molar-refractivity contribution < 1.29 is 14.3 Å². The van der Waals surface area contributed by atoms with Crippen molar-refractivity contribution >= 4 is 23.2 Å². The number of rotatable bonds is 13. The summed E-state index contributed by atoms with van der Waals surface area (Å²) < 4.78 is 5.72. The van der Waals surface area contributed by atoms with Crippen LogP contribution >= 0.6 is 0 Å². The summed E-state index contributed by atoms with van der Waals surface area (Å²) in [5, 5.41) is 8.86. The summed E-state index contributed by atoms with van der Waals surface area (Å²) in [6, 6.07) is 14.6. The third-order valence-corrected chi connectivity index (χ3v) is 4.99. The van der Waals surface area contributed by atoms with E-state index in [4.69, 9.17) is 4.74 Å². The highest BCUT2D eigenvalue weighted by molar-refractivity contribution is 5.95. The lowest BCUT2D eigenvalue weighted by atomic mass is 10.1. The number of carbonyl (C=O) groups excluding carboxylic acids is 2. The van der Waals surface area contributed by atoms with Gasteiger partial charge in [0.1, 0.15) is 5.75 Å². The second-order valence-electron chi connectivity index (χ2n) is 7.70. The van der Waals surface area contributed by atoms with Crippen LogP contribution in [0.15, 0.2) is 48.5 Å². The molecule has 2 aromatic rings. The molecule has 6 heteroatoms. The van der Waals surface area contributed by atoms with Gasteiger partial charge in [0.25, 0.3) is 5.91 Å². The molecule has 6 nitrogen and oxygen atoms in total. The van der Waals surface area contributed by atoms with Crippen LogP contribution in [0.5, 0.6) is 5.75 Å². The van der Waals surface area contributed by atoms with Crippen LogP contribution in [-0.4, -0.2) is 31.0 Å². The first-order chi connectivity index (χ1) is 15.0. The van der Waals surface area contributed by atoms with Crippen molar-refractivity contribution in [3.8, 4) is 5.75 Å².